The van der Waals surface area contributed by atoms with Gasteiger partial charge in [-0.2, -0.15) is 0 Å². The first-order valence-corrected chi connectivity index (χ1v) is 2.12. The van der Waals surface area contributed by atoms with Crippen LogP contribution in [-0.4, -0.2) is 22.6 Å². The summed E-state index contributed by atoms with van der Waals surface area (Å²) in [5.74, 6) is 0. The molecule has 38 valence electrons. The highest BCUT2D eigenvalue weighted by molar-refractivity contribution is 6.65. The van der Waals surface area contributed by atoms with Crippen LogP contribution < -0.4 is 21.6 Å². The maximum absolute atomic E-state index is 3.06. The molecule has 0 saturated carbocycles. The van der Waals surface area contributed by atoms with Crippen LogP contribution in [-0.2, 0) is 0 Å². The van der Waals surface area contributed by atoms with Gasteiger partial charge in [0.25, 0.3) is 22.6 Å². The lowest BCUT2D eigenvalue weighted by atomic mass is 9.85. The monoisotopic (exact) mass is 98.1 g/mol. The van der Waals surface area contributed by atoms with Gasteiger partial charge in [0.05, 0.1) is 0 Å². The zero-order valence-electron chi connectivity index (χ0n) is 4.33. The van der Waals surface area contributed by atoms with E-state index in [4.69, 9.17) is 0 Å². The van der Waals surface area contributed by atoms with Gasteiger partial charge < -0.3 is 21.6 Å². The first kappa shape index (κ1) is 7.03. The lowest BCUT2D eigenvalue weighted by molar-refractivity contribution is 1.28. The average Bonchev–Trinajstić information content (AvgIpc) is 1.72. The molecule has 0 spiro atoms. The number of hydrogen-bond acceptors (Lipinski definition) is 4. The van der Waals surface area contributed by atoms with Crippen molar-refractivity contribution in [1.29, 1.82) is 0 Å². The molecular formula is H9B3N4. The highest BCUT2D eigenvalue weighted by atomic mass is 15.0. The highest BCUT2D eigenvalue weighted by Gasteiger charge is 1.97. The van der Waals surface area contributed by atoms with Crippen molar-refractivity contribution in [3.8, 4) is 0 Å². The summed E-state index contributed by atoms with van der Waals surface area (Å²) >= 11 is 0. The molecule has 1 saturated heterocycles. The van der Waals surface area contributed by atoms with E-state index in [-0.39, 0.29) is 6.15 Å². The Morgan fingerprint density at radius 3 is 1.14 bits per heavy atom. The predicted octanol–water partition coefficient (Wildman–Crippen LogP) is -3.27. The molecule has 0 aromatic rings. The van der Waals surface area contributed by atoms with E-state index in [0.717, 1.165) is 22.6 Å². The zero-order chi connectivity index (χ0) is 4.24. The molecule has 1 fully saturated rings. The molecular weight excluding hydrogens is 88.5 g/mol. The summed E-state index contributed by atoms with van der Waals surface area (Å²) in [6.45, 7) is 0. The molecule has 0 atom stereocenters. The van der Waals surface area contributed by atoms with Crippen LogP contribution in [0.2, 0.25) is 0 Å². The lowest BCUT2D eigenvalue weighted by Gasteiger charge is -2.08. The highest BCUT2D eigenvalue weighted by Crippen LogP contribution is 1.46. The Bertz CT molecular complexity index is 22.4. The van der Waals surface area contributed by atoms with E-state index in [1.54, 1.807) is 0 Å². The number of rotatable bonds is 0. The normalized spacial score (nSPS) is 17.1. The second-order valence-electron chi connectivity index (χ2n) is 1.28. The summed E-state index contributed by atoms with van der Waals surface area (Å²) in [6, 6.07) is 0. The van der Waals surface area contributed by atoms with Gasteiger partial charge in [-0.15, -0.1) is 0 Å². The summed E-state index contributed by atoms with van der Waals surface area (Å²) < 4.78 is 0. The van der Waals surface area contributed by atoms with E-state index in [1.165, 1.54) is 0 Å². The van der Waals surface area contributed by atoms with Crippen molar-refractivity contribution in [3.63, 3.8) is 0 Å². The van der Waals surface area contributed by atoms with Gasteiger partial charge in [0, 0.05) is 0 Å². The number of hydrogen-bond donors (Lipinski definition) is 4. The number of nitrogens with one attached hydrogen (secondary N) is 3. The summed E-state index contributed by atoms with van der Waals surface area (Å²) in [5.41, 5.74) is 0. The molecule has 0 bridgehead atoms. The Balaban J connectivity index is 0.000000360. The molecule has 6 N–H and O–H groups in total. The molecule has 0 aliphatic carbocycles. The maximum atomic E-state index is 3.06. The van der Waals surface area contributed by atoms with Gasteiger partial charge in [-0.05, 0) is 0 Å². The fourth-order valence-electron chi connectivity index (χ4n) is 0.453. The van der Waals surface area contributed by atoms with E-state index in [1.807, 2.05) is 0 Å². The van der Waals surface area contributed by atoms with E-state index < -0.39 is 0 Å². The van der Waals surface area contributed by atoms with Crippen LogP contribution in [0, 0.1) is 0 Å². The second-order valence-corrected chi connectivity index (χ2v) is 1.28. The minimum absolute atomic E-state index is 0. The maximum Gasteiger partial charge on any atom is 0.265 e. The smallest absolute Gasteiger partial charge is 0.265 e. The quantitative estimate of drug-likeness (QED) is 0.240. The molecule has 1 rings (SSSR count). The Labute approximate surface area is 45.3 Å². The summed E-state index contributed by atoms with van der Waals surface area (Å²) in [4.78, 5) is 0. The Morgan fingerprint density at radius 1 is 0.714 bits per heavy atom. The van der Waals surface area contributed by atoms with Gasteiger partial charge in [0.2, 0.25) is 0 Å². The average molecular weight is 97.5 g/mol. The minimum atomic E-state index is 0. The Morgan fingerprint density at radius 2 is 1.00 bits per heavy atom. The van der Waals surface area contributed by atoms with Crippen molar-refractivity contribution in [1.82, 2.24) is 21.6 Å². The molecule has 0 aromatic heterocycles. The third kappa shape index (κ3) is 2.70. The van der Waals surface area contributed by atoms with Gasteiger partial charge in [0.15, 0.2) is 0 Å². The zero-order valence-corrected chi connectivity index (χ0v) is 4.33. The first-order chi connectivity index (χ1) is 3.00. The minimum Gasteiger partial charge on any atom is -0.378 e. The molecule has 0 aromatic carbocycles. The predicted molar refractivity (Wildman–Crippen MR) is 35.9 cm³/mol. The van der Waals surface area contributed by atoms with Crippen LogP contribution in [0.1, 0.15) is 0 Å². The van der Waals surface area contributed by atoms with Gasteiger partial charge >= 0.3 is 0 Å². The van der Waals surface area contributed by atoms with Gasteiger partial charge in [-0.3, -0.25) is 0 Å². The first-order valence-electron chi connectivity index (χ1n) is 2.12. The van der Waals surface area contributed by atoms with Crippen LogP contribution >= 0.6 is 0 Å². The van der Waals surface area contributed by atoms with Crippen LogP contribution in [0.25, 0.3) is 0 Å². The fourth-order valence-corrected chi connectivity index (χ4v) is 0.453. The van der Waals surface area contributed by atoms with Crippen LogP contribution in [0.3, 0.4) is 0 Å². The summed E-state index contributed by atoms with van der Waals surface area (Å²) in [6.07, 6.45) is 0. The molecule has 4 nitrogen and oxygen atoms in total. The van der Waals surface area contributed by atoms with E-state index in [0.29, 0.717) is 0 Å². The largest absolute Gasteiger partial charge is 0.378 e. The van der Waals surface area contributed by atoms with E-state index in [9.17, 15) is 0 Å². The van der Waals surface area contributed by atoms with Crippen molar-refractivity contribution in [2.45, 2.75) is 0 Å². The second kappa shape index (κ2) is 4.20. The molecule has 1 aliphatic rings. The summed E-state index contributed by atoms with van der Waals surface area (Å²) in [5, 5.41) is 9.19. The van der Waals surface area contributed by atoms with Crippen molar-refractivity contribution in [2.75, 3.05) is 0 Å². The fraction of sp³-hybridized carbons (Fsp3) is 0. The Hall–Kier alpha value is 0.0348. The molecule has 1 heterocycles. The van der Waals surface area contributed by atoms with Gasteiger partial charge in [-0.1, -0.05) is 0 Å². The van der Waals surface area contributed by atoms with Crippen molar-refractivity contribution < 1.29 is 0 Å². The van der Waals surface area contributed by atoms with Gasteiger partial charge in [0.1, 0.15) is 0 Å². The summed E-state index contributed by atoms with van der Waals surface area (Å²) in [7, 11) is 2.81. The standard InChI is InChI=1S/B3H6N3.H3N/c1-4-2-6-3-5-1;/h1-6H;1H3. The van der Waals surface area contributed by atoms with Crippen LogP contribution in [0.15, 0.2) is 0 Å². The van der Waals surface area contributed by atoms with Crippen molar-refractivity contribution in [3.05, 3.63) is 0 Å². The topological polar surface area (TPSA) is 71.1 Å². The van der Waals surface area contributed by atoms with Crippen LogP contribution in [0.5, 0.6) is 0 Å². The third-order valence-corrected chi connectivity index (χ3v) is 0.750. The third-order valence-electron chi connectivity index (χ3n) is 0.750. The molecule has 1 aliphatic heterocycles. The SMILES string of the molecule is B1NBNBN1.N. The molecule has 0 unspecified atom stereocenters. The van der Waals surface area contributed by atoms with Crippen molar-refractivity contribution >= 4 is 22.6 Å². The molecule has 0 amide bonds. The molecule has 7 heteroatoms. The van der Waals surface area contributed by atoms with Crippen molar-refractivity contribution in [2.24, 2.45) is 0 Å². The lowest BCUT2D eigenvalue weighted by Crippen LogP contribution is -2.55. The van der Waals surface area contributed by atoms with E-state index >= 15 is 0 Å². The van der Waals surface area contributed by atoms with Gasteiger partial charge in [-0.25, -0.2) is 0 Å². The molecule has 7 heavy (non-hydrogen) atoms. The van der Waals surface area contributed by atoms with E-state index in [2.05, 4.69) is 15.4 Å². The molecule has 0 radical (unpaired) electrons. The van der Waals surface area contributed by atoms with Crippen LogP contribution in [0.4, 0.5) is 0 Å². The Kier molecular flexibility index (Phi) is 4.22.